The Hall–Kier alpha value is -5.08. The first kappa shape index (κ1) is 40.7. The number of piperazine rings is 1. The minimum Gasteiger partial charge on any atom is -0.397 e. The molecule has 1 atom stereocenters. The number of piperidine rings is 2. The molecule has 3 aliphatic heterocycles. The van der Waals surface area contributed by atoms with Crippen LogP contribution in [0.2, 0.25) is 5.02 Å². The highest BCUT2D eigenvalue weighted by atomic mass is 35.5. The molecule has 2 aromatic carbocycles. The van der Waals surface area contributed by atoms with Gasteiger partial charge in [0.1, 0.15) is 17.8 Å². The minimum absolute atomic E-state index is 0.0828. The van der Waals surface area contributed by atoms with Gasteiger partial charge in [-0.3, -0.25) is 9.59 Å². The van der Waals surface area contributed by atoms with E-state index < -0.39 is 5.54 Å². The number of anilines is 2. The smallest absolute Gasteiger partial charge is 0.274 e. The molecule has 3 saturated heterocycles. The maximum Gasteiger partial charge on any atom is 0.274 e. The van der Waals surface area contributed by atoms with E-state index in [1.165, 1.54) is 5.56 Å². The van der Waals surface area contributed by atoms with Gasteiger partial charge in [0.2, 0.25) is 5.91 Å². The number of aryl methyl sites for hydroxylation is 1. The Labute approximate surface area is 351 Å². The maximum absolute atomic E-state index is 13.9. The molecule has 0 spiro atoms. The van der Waals surface area contributed by atoms with Crippen molar-refractivity contribution in [2.75, 3.05) is 76.1 Å². The van der Waals surface area contributed by atoms with E-state index in [1.54, 1.807) is 12.5 Å². The number of carbonyl (C=O) groups is 2. The summed E-state index contributed by atoms with van der Waals surface area (Å²) in [7, 11) is 0. The Morgan fingerprint density at radius 3 is 2.39 bits per heavy atom. The van der Waals surface area contributed by atoms with Gasteiger partial charge in [0.25, 0.3) is 5.91 Å². The van der Waals surface area contributed by atoms with Crippen molar-refractivity contribution < 1.29 is 9.59 Å². The number of fused-ring (bicyclic) bond motifs is 1. The Bertz CT molecular complexity index is 2220. The van der Waals surface area contributed by atoms with Gasteiger partial charge in [-0.1, -0.05) is 54.9 Å². The molecule has 3 aromatic heterocycles. The highest BCUT2D eigenvalue weighted by Crippen LogP contribution is 2.30. The number of halogens is 1. The van der Waals surface area contributed by atoms with Crippen LogP contribution in [0.15, 0.2) is 79.4 Å². The number of carbonyl (C=O) groups excluding carboxylic acids is 2. The number of nitrogens with zero attached hydrogens (tertiary/aromatic N) is 7. The van der Waals surface area contributed by atoms with Crippen LogP contribution in [0.1, 0.15) is 66.7 Å². The van der Waals surface area contributed by atoms with E-state index in [1.807, 2.05) is 59.6 Å². The van der Waals surface area contributed by atoms with Crippen LogP contribution in [-0.4, -0.2) is 117 Å². The van der Waals surface area contributed by atoms with Crippen molar-refractivity contribution in [3.8, 4) is 11.1 Å². The molecule has 5 aromatic rings. The van der Waals surface area contributed by atoms with Crippen LogP contribution in [0.4, 0.5) is 11.5 Å². The summed E-state index contributed by atoms with van der Waals surface area (Å²) < 4.78 is 0. The molecule has 3 fully saturated rings. The SMILES string of the molecule is CCc1cccc(-c2cnc(C(=O)N3CCC(CN4CCN(CC[C@H](NC(=O)C5(N)CCN(c6ncnc7[nH]ccc67)CC5)c5ccc(Cl)cc5)CC4)CC3)c(N)c2)c1. The molecule has 2 amide bonds. The number of aromatic amines is 1. The number of nitrogens with two attached hydrogens (primary N) is 2. The summed E-state index contributed by atoms with van der Waals surface area (Å²) in [5.41, 5.74) is 18.1. The Kier molecular flexibility index (Phi) is 12.4. The van der Waals surface area contributed by atoms with Crippen LogP contribution < -0.4 is 21.7 Å². The molecule has 0 radical (unpaired) electrons. The van der Waals surface area contributed by atoms with Crippen molar-refractivity contribution in [1.29, 1.82) is 0 Å². The summed E-state index contributed by atoms with van der Waals surface area (Å²) in [6, 6.07) is 19.8. The number of nitrogens with one attached hydrogen (secondary N) is 2. The zero-order valence-electron chi connectivity index (χ0n) is 34.0. The van der Waals surface area contributed by atoms with E-state index in [2.05, 4.69) is 59.0 Å². The Morgan fingerprint density at radius 1 is 0.915 bits per heavy atom. The summed E-state index contributed by atoms with van der Waals surface area (Å²) >= 11 is 6.26. The first-order valence-corrected chi connectivity index (χ1v) is 21.5. The second-order valence-electron chi connectivity index (χ2n) is 16.5. The maximum atomic E-state index is 13.9. The zero-order valence-corrected chi connectivity index (χ0v) is 34.7. The third-order valence-corrected chi connectivity index (χ3v) is 13.0. The second-order valence-corrected chi connectivity index (χ2v) is 17.0. The molecule has 14 heteroatoms. The number of amides is 2. The summed E-state index contributed by atoms with van der Waals surface area (Å²) in [6.45, 7) is 10.6. The average molecular weight is 818 g/mol. The monoisotopic (exact) mass is 817 g/mol. The van der Waals surface area contributed by atoms with Crippen molar-refractivity contribution in [3.63, 3.8) is 0 Å². The molecule has 0 aliphatic carbocycles. The summed E-state index contributed by atoms with van der Waals surface area (Å²) in [4.78, 5) is 53.1. The summed E-state index contributed by atoms with van der Waals surface area (Å²) in [5, 5.41) is 4.98. The Morgan fingerprint density at radius 2 is 1.66 bits per heavy atom. The van der Waals surface area contributed by atoms with Crippen LogP contribution in [-0.2, 0) is 11.2 Å². The van der Waals surface area contributed by atoms with Gasteiger partial charge in [-0.2, -0.15) is 0 Å². The molecule has 6 heterocycles. The van der Waals surface area contributed by atoms with Gasteiger partial charge in [0.15, 0.2) is 5.69 Å². The van der Waals surface area contributed by atoms with Gasteiger partial charge in [-0.15, -0.1) is 0 Å². The van der Waals surface area contributed by atoms with Crippen LogP contribution in [0.3, 0.4) is 0 Å². The van der Waals surface area contributed by atoms with E-state index in [9.17, 15) is 9.59 Å². The molecule has 0 saturated carbocycles. The van der Waals surface area contributed by atoms with Gasteiger partial charge in [-0.25, -0.2) is 15.0 Å². The highest BCUT2D eigenvalue weighted by Gasteiger charge is 2.39. The molecule has 13 nitrogen and oxygen atoms in total. The number of likely N-dealkylation sites (tertiary alicyclic amines) is 1. The van der Waals surface area contributed by atoms with E-state index in [0.717, 1.165) is 98.5 Å². The molecule has 6 N–H and O–H groups in total. The fourth-order valence-corrected chi connectivity index (χ4v) is 9.03. The summed E-state index contributed by atoms with van der Waals surface area (Å²) in [6.07, 6.45) is 9.90. The first-order chi connectivity index (χ1) is 28.7. The molecule has 0 bridgehead atoms. The minimum atomic E-state index is -0.974. The van der Waals surface area contributed by atoms with Crippen LogP contribution in [0.25, 0.3) is 22.2 Å². The van der Waals surface area contributed by atoms with Crippen LogP contribution in [0.5, 0.6) is 0 Å². The number of aromatic nitrogens is 4. The van der Waals surface area contributed by atoms with Crippen LogP contribution >= 0.6 is 11.6 Å². The van der Waals surface area contributed by atoms with Crippen molar-refractivity contribution in [1.82, 2.24) is 40.0 Å². The lowest BCUT2D eigenvalue weighted by Gasteiger charge is -2.40. The third-order valence-electron chi connectivity index (χ3n) is 12.7. The van der Waals surface area contributed by atoms with Crippen molar-refractivity contribution in [3.05, 3.63) is 101 Å². The van der Waals surface area contributed by atoms with Gasteiger partial charge in [0.05, 0.1) is 22.7 Å². The molecular formula is C45H56ClN11O2. The van der Waals surface area contributed by atoms with E-state index in [-0.39, 0.29) is 17.9 Å². The molecule has 59 heavy (non-hydrogen) atoms. The van der Waals surface area contributed by atoms with Crippen molar-refractivity contribution in [2.24, 2.45) is 11.7 Å². The van der Waals surface area contributed by atoms with E-state index >= 15 is 0 Å². The standard InChI is InChI=1S/C45H56ClN11O2/c1-2-31-4-3-5-34(26-31)35-27-38(47)40(50-28-35)43(58)57-18-11-32(12-19-57)29-55-24-22-54(23-25-55)17-13-39(33-6-8-36(46)9-7-33)53-44(59)45(48)14-20-56(21-15-45)42-37-10-16-49-41(37)51-30-52-42/h3-10,16,26-28,30,32,39H,2,11-15,17-25,29,47-48H2,1H3,(H,53,59)(H,49,51,52)/t39-/m0/s1. The highest BCUT2D eigenvalue weighted by molar-refractivity contribution is 6.30. The quantitative estimate of drug-likeness (QED) is 0.126. The molecule has 8 rings (SSSR count). The Balaban J connectivity index is 0.795. The van der Waals surface area contributed by atoms with Gasteiger partial charge < -0.3 is 41.4 Å². The number of hydrogen-bond acceptors (Lipinski definition) is 10. The largest absolute Gasteiger partial charge is 0.397 e. The van der Waals surface area contributed by atoms with Gasteiger partial charge in [-0.05, 0) is 85.4 Å². The predicted molar refractivity (Wildman–Crippen MR) is 234 cm³/mol. The number of nitrogen functional groups attached to an aromatic ring is 1. The molecule has 0 unspecified atom stereocenters. The number of H-pyrrole nitrogens is 1. The second kappa shape index (κ2) is 18.0. The molecular weight excluding hydrogens is 762 g/mol. The molecule has 310 valence electrons. The zero-order chi connectivity index (χ0) is 40.9. The van der Waals surface area contributed by atoms with Gasteiger partial charge in [0, 0.05) is 88.4 Å². The summed E-state index contributed by atoms with van der Waals surface area (Å²) in [5.74, 6) is 1.21. The lowest BCUT2D eigenvalue weighted by Crippen LogP contribution is -2.60. The first-order valence-electron chi connectivity index (χ1n) is 21.1. The van der Waals surface area contributed by atoms with Crippen molar-refractivity contribution in [2.45, 2.75) is 57.0 Å². The van der Waals surface area contributed by atoms with Crippen molar-refractivity contribution >= 4 is 46.0 Å². The van der Waals surface area contributed by atoms with Crippen LogP contribution in [0, 0.1) is 5.92 Å². The number of hydrogen-bond donors (Lipinski definition) is 4. The fourth-order valence-electron chi connectivity index (χ4n) is 8.90. The fraction of sp³-hybridized carbons (Fsp3) is 0.444. The third kappa shape index (κ3) is 9.38. The van der Waals surface area contributed by atoms with E-state index in [4.69, 9.17) is 23.1 Å². The number of pyridine rings is 1. The molecule has 3 aliphatic rings. The lowest BCUT2D eigenvalue weighted by atomic mass is 9.87. The lowest BCUT2D eigenvalue weighted by molar-refractivity contribution is -0.128. The normalized spacial score (nSPS) is 18.6. The van der Waals surface area contributed by atoms with Gasteiger partial charge >= 0.3 is 0 Å². The topological polar surface area (TPSA) is 166 Å². The predicted octanol–water partition coefficient (Wildman–Crippen LogP) is 5.53. The number of benzene rings is 2. The van der Waals surface area contributed by atoms with E-state index in [0.29, 0.717) is 61.3 Å². The average Bonchev–Trinajstić information content (AvgIpc) is 3.76. The number of rotatable bonds is 12.